The molecule has 1 atom stereocenters. The van der Waals surface area contributed by atoms with Gasteiger partial charge in [0.05, 0.1) is 25.7 Å². The lowest BCUT2D eigenvalue weighted by Gasteiger charge is -2.23. The number of ether oxygens (including phenoxy) is 3. The van der Waals surface area contributed by atoms with E-state index >= 15 is 0 Å². The van der Waals surface area contributed by atoms with E-state index in [1.54, 1.807) is 0 Å². The zero-order valence-electron chi connectivity index (χ0n) is 31.5. The minimum Gasteiger partial charge on any atom is -0.804 e. The zero-order valence-corrected chi connectivity index (χ0v) is 38.6. The van der Waals surface area contributed by atoms with Crippen LogP contribution in [-0.2, 0) is 27.9 Å². The fraction of sp³-hybridized carbons (Fsp3) is 0.867. The molecule has 0 bridgehead atoms. The summed E-state index contributed by atoms with van der Waals surface area (Å²) in [6.45, 7) is 1.41. The van der Waals surface area contributed by atoms with Gasteiger partial charge < -0.3 is 39.2 Å². The van der Waals surface area contributed by atoms with Crippen LogP contribution in [0.2, 0.25) is 0 Å². The van der Waals surface area contributed by atoms with Gasteiger partial charge in [-0.2, -0.15) is 14.4 Å². The molecule has 0 fully saturated rings. The van der Waals surface area contributed by atoms with Crippen molar-refractivity contribution in [2.24, 2.45) is 23.5 Å². The van der Waals surface area contributed by atoms with Crippen LogP contribution in [0.15, 0.2) is 0 Å². The molecule has 0 saturated heterocycles. The Morgan fingerprint density at radius 2 is 0.768 bits per heavy atom. The Labute approximate surface area is 366 Å². The second kappa shape index (κ2) is 49.3. The number of quaternary nitrogens is 3. The van der Waals surface area contributed by atoms with Crippen molar-refractivity contribution in [2.75, 3.05) is 67.6 Å². The van der Waals surface area contributed by atoms with Gasteiger partial charge in [-0.05, 0) is 99.4 Å². The van der Waals surface area contributed by atoms with Gasteiger partial charge in [0, 0.05) is 42.9 Å². The molecule has 11 N–H and O–H groups in total. The molecule has 0 aliphatic heterocycles. The lowest BCUT2D eigenvalue weighted by atomic mass is 9.98. The molecular formula is C30H60Cl7N4O13P2+. The highest BCUT2D eigenvalue weighted by Crippen LogP contribution is 2.21. The summed E-state index contributed by atoms with van der Waals surface area (Å²) in [7, 11) is -7.79. The predicted molar refractivity (Wildman–Crippen MR) is 214 cm³/mol. The maximum atomic E-state index is 10.4. The van der Waals surface area contributed by atoms with E-state index in [1.807, 2.05) is 0 Å². The number of halogens is 7. The number of carbonyl (C=O) groups is 4. The zero-order chi connectivity index (χ0) is 44.2. The molecule has 0 aliphatic rings. The fourth-order valence-electron chi connectivity index (χ4n) is 4.01. The van der Waals surface area contributed by atoms with Crippen molar-refractivity contribution in [1.29, 1.82) is 0 Å². The Kier molecular flexibility index (Phi) is 57.3. The number of hydrogen-bond acceptors (Lipinski definition) is 13. The Balaban J connectivity index is -0.000000199. The molecule has 0 rings (SSSR count). The second-order valence-corrected chi connectivity index (χ2v) is 15.9. The van der Waals surface area contributed by atoms with Crippen molar-refractivity contribution in [3.63, 3.8) is 0 Å². The molecule has 0 aromatic heterocycles. The van der Waals surface area contributed by atoms with Gasteiger partial charge in [-0.1, -0.05) is 0 Å². The van der Waals surface area contributed by atoms with Crippen LogP contribution in [0.1, 0.15) is 77.0 Å². The van der Waals surface area contributed by atoms with Gasteiger partial charge in [0.25, 0.3) is 0 Å². The Morgan fingerprint density at radius 3 is 0.893 bits per heavy atom. The number of hydrogen-bond donors (Lipinski definition) is 4. The van der Waals surface area contributed by atoms with E-state index in [-0.39, 0.29) is 12.5 Å². The van der Waals surface area contributed by atoms with Crippen molar-refractivity contribution in [2.45, 2.75) is 77.0 Å². The van der Waals surface area contributed by atoms with E-state index in [2.05, 4.69) is 27.5 Å². The van der Waals surface area contributed by atoms with Crippen LogP contribution in [0.3, 0.4) is 0 Å². The molecule has 17 nitrogen and oxygen atoms in total. The highest BCUT2D eigenvalue weighted by molar-refractivity contribution is 7.67. The van der Waals surface area contributed by atoms with Gasteiger partial charge in [-0.25, -0.2) is 0 Å². The highest BCUT2D eigenvalue weighted by atomic mass is 35.5. The van der Waals surface area contributed by atoms with E-state index in [0.29, 0.717) is 72.9 Å². The summed E-state index contributed by atoms with van der Waals surface area (Å²) in [5.74, 6) is 5.84. The molecule has 26 heteroatoms. The van der Waals surface area contributed by atoms with Crippen molar-refractivity contribution < 1.29 is 78.9 Å². The van der Waals surface area contributed by atoms with Crippen molar-refractivity contribution in [3.05, 3.63) is 0 Å². The molecule has 56 heavy (non-hydrogen) atoms. The molecule has 336 valence electrons. The number of nitrogens with two attached hydrogens (primary N) is 1. The summed E-state index contributed by atoms with van der Waals surface area (Å²) in [5, 5.41) is 0. The number of rotatable bonds is 28. The third kappa shape index (κ3) is 63.1. The van der Waals surface area contributed by atoms with Crippen LogP contribution in [-0.4, -0.2) is 91.5 Å². The predicted octanol–water partition coefficient (Wildman–Crippen LogP) is 4.30. The molecular weight excluding hydrogens is 934 g/mol. The van der Waals surface area contributed by atoms with Crippen LogP contribution in [0.25, 0.3) is 0 Å². The number of amides is 4. The third-order valence-electron chi connectivity index (χ3n) is 6.71. The highest BCUT2D eigenvalue weighted by Gasteiger charge is 2.10. The molecule has 0 aromatic carbocycles. The molecule has 0 aliphatic carbocycles. The van der Waals surface area contributed by atoms with E-state index in [0.717, 1.165) is 77.0 Å². The van der Waals surface area contributed by atoms with Gasteiger partial charge in [0.2, 0.25) is 5.65 Å². The quantitative estimate of drug-likeness (QED) is 0.0368. The first-order chi connectivity index (χ1) is 26.3. The molecule has 4 amide bonds. The van der Waals surface area contributed by atoms with Gasteiger partial charge in [-0.15, -0.1) is 85.7 Å². The van der Waals surface area contributed by atoms with Gasteiger partial charge in [0.15, 0.2) is 0 Å². The van der Waals surface area contributed by atoms with E-state index in [9.17, 15) is 43.0 Å². The number of primary amides is 1. The standard InChI is InChI=1S/3C9H17Cl2NO2.C2H4ClO3P.CH4NO4P/c3*10-5-3-8(4-6-11)2-1-7-14-9(12)13;3-1-2-6-7(4)5;2-1(3)7(4,5)6/h3*8H,1-7H2,(H2,12,13);1-2H2;(H2,2,3)(H2,4,5,6)/p+1. The molecule has 0 heterocycles. The first-order valence-electron chi connectivity index (χ1n) is 17.3. The first kappa shape index (κ1) is 65.1. The lowest BCUT2D eigenvalue weighted by molar-refractivity contribution is -0.307. The smallest absolute Gasteiger partial charge is 0.511 e. The molecule has 0 spiro atoms. The minimum absolute atomic E-state index is 0.0697. The Hall–Kier alpha value is -0.0400. The normalized spacial score (nSPS) is 10.8. The lowest BCUT2D eigenvalue weighted by Crippen LogP contribution is -2.57. The summed E-state index contributed by atoms with van der Waals surface area (Å²) < 4.78 is 37.1. The topological polar surface area (TPSA) is 317 Å². The Bertz CT molecular complexity index is 919. The summed E-state index contributed by atoms with van der Waals surface area (Å²) in [6.07, 6.45) is 10.1. The van der Waals surface area contributed by atoms with Crippen molar-refractivity contribution >= 4 is 121 Å². The van der Waals surface area contributed by atoms with Crippen molar-refractivity contribution in [3.8, 4) is 0 Å². The van der Waals surface area contributed by atoms with Gasteiger partial charge >= 0.3 is 26.5 Å². The molecule has 0 saturated carbocycles. The number of carbonyl (C=O) groups excluding carboxylic acids is 4. The maximum absolute atomic E-state index is 10.4. The maximum Gasteiger partial charge on any atom is 0.511 e. The average molecular weight is 995 g/mol. The minimum atomic E-state index is -5.10. The van der Waals surface area contributed by atoms with Crippen molar-refractivity contribution in [1.82, 2.24) is 0 Å². The summed E-state index contributed by atoms with van der Waals surface area (Å²) in [4.78, 5) is 68.6. The molecule has 0 aromatic rings. The SMILES string of the molecule is NC(=O)P(=O)([O-])[O-].O=[P+]([O-])OCCCl.[NH3+]C(=O)OCCCC(CCCl)CCCl.[NH3+]C(=O)OCCCC(CCCl)CCCl.[NH3+]C(=O)OCCCC(CCCl)CCCl. The van der Waals surface area contributed by atoms with Crippen LogP contribution < -0.4 is 37.6 Å². The van der Waals surface area contributed by atoms with Crippen LogP contribution in [0.5, 0.6) is 0 Å². The van der Waals surface area contributed by atoms with E-state index in [4.69, 9.17) is 95.4 Å². The average Bonchev–Trinajstić information content (AvgIpc) is 3.10. The fourth-order valence-corrected chi connectivity index (χ4v) is 6.28. The monoisotopic (exact) mass is 991 g/mol. The van der Waals surface area contributed by atoms with Crippen LogP contribution in [0, 0.1) is 17.8 Å². The first-order valence-corrected chi connectivity index (χ1v) is 23.7. The van der Waals surface area contributed by atoms with Gasteiger partial charge in [-0.3, -0.25) is 22.0 Å². The van der Waals surface area contributed by atoms with Crippen LogP contribution in [0.4, 0.5) is 19.2 Å². The molecule has 0 radical (unpaired) electrons. The third-order valence-corrected chi connectivity index (χ3v) is 9.10. The van der Waals surface area contributed by atoms with Gasteiger partial charge in [0.1, 0.15) is 6.61 Å². The summed E-state index contributed by atoms with van der Waals surface area (Å²) >= 11 is 39.0. The largest absolute Gasteiger partial charge is 0.804 e. The summed E-state index contributed by atoms with van der Waals surface area (Å²) in [6, 6.07) is 0. The number of alkyl halides is 7. The Morgan fingerprint density at radius 1 is 0.536 bits per heavy atom. The molecule has 1 unspecified atom stereocenters. The van der Waals surface area contributed by atoms with E-state index in [1.165, 1.54) is 0 Å². The second-order valence-electron chi connectivity index (χ2n) is 11.1. The summed E-state index contributed by atoms with van der Waals surface area (Å²) in [5.41, 5.74) is 11.6. The van der Waals surface area contributed by atoms with Crippen LogP contribution >= 0.6 is 97.1 Å². The van der Waals surface area contributed by atoms with E-state index < -0.39 is 39.8 Å².